The summed E-state index contributed by atoms with van der Waals surface area (Å²) in [5.41, 5.74) is 2.21. The number of aromatic amines is 1. The molecule has 0 saturated carbocycles. The van der Waals surface area contributed by atoms with Gasteiger partial charge in [-0.1, -0.05) is 11.6 Å². The highest BCUT2D eigenvalue weighted by Gasteiger charge is 2.29. The van der Waals surface area contributed by atoms with Gasteiger partial charge in [-0.15, -0.1) is 0 Å². The number of hydrogen-bond acceptors (Lipinski definition) is 5. The third kappa shape index (κ3) is 3.94. The first kappa shape index (κ1) is 22.2. The predicted molar refractivity (Wildman–Crippen MR) is 129 cm³/mol. The van der Waals surface area contributed by atoms with Crippen LogP contribution >= 0.6 is 11.6 Å². The number of ether oxygens (including phenoxy) is 1. The molecule has 0 aliphatic carbocycles. The largest absolute Gasteiger partial charge is 0.466 e. The number of H-pyrrole nitrogens is 1. The number of rotatable bonds is 4. The summed E-state index contributed by atoms with van der Waals surface area (Å²) in [6, 6.07) is 12.2. The van der Waals surface area contributed by atoms with Crippen LogP contribution in [-0.2, 0) is 9.53 Å². The zero-order chi connectivity index (χ0) is 23.8. The fourth-order valence-corrected chi connectivity index (χ4v) is 4.55. The zero-order valence-corrected chi connectivity index (χ0v) is 19.3. The SMILES string of the molecule is CCOC(=O)C1CCN(C(=O)c2ccc3ncc4c(=O)n(-c5ccc(Cl)cc5)[nH]c4c3c2)CC1. The average molecular weight is 479 g/mol. The molecule has 9 heteroatoms. The van der Waals surface area contributed by atoms with Gasteiger partial charge in [-0.05, 0) is 62.2 Å². The summed E-state index contributed by atoms with van der Waals surface area (Å²) in [4.78, 5) is 44.4. The van der Waals surface area contributed by atoms with E-state index in [-0.39, 0.29) is 23.4 Å². The number of hydrogen-bond donors (Lipinski definition) is 1. The Morgan fingerprint density at radius 1 is 1.12 bits per heavy atom. The van der Waals surface area contributed by atoms with Crippen LogP contribution in [0.3, 0.4) is 0 Å². The quantitative estimate of drug-likeness (QED) is 0.448. The molecule has 1 saturated heterocycles. The summed E-state index contributed by atoms with van der Waals surface area (Å²) in [6.07, 6.45) is 2.72. The molecule has 1 fully saturated rings. The van der Waals surface area contributed by atoms with Gasteiger partial charge in [0.1, 0.15) is 0 Å². The highest BCUT2D eigenvalue weighted by molar-refractivity contribution is 6.30. The van der Waals surface area contributed by atoms with Crippen LogP contribution in [0.25, 0.3) is 27.5 Å². The van der Waals surface area contributed by atoms with Gasteiger partial charge >= 0.3 is 5.97 Å². The fourth-order valence-electron chi connectivity index (χ4n) is 4.42. The van der Waals surface area contributed by atoms with E-state index in [4.69, 9.17) is 16.3 Å². The monoisotopic (exact) mass is 478 g/mol. The predicted octanol–water partition coefficient (Wildman–Crippen LogP) is 3.94. The lowest BCUT2D eigenvalue weighted by Crippen LogP contribution is -2.40. The first-order valence-electron chi connectivity index (χ1n) is 11.2. The van der Waals surface area contributed by atoms with E-state index in [1.807, 2.05) is 0 Å². The molecule has 3 heterocycles. The number of pyridine rings is 1. The Labute approximate surface area is 200 Å². The summed E-state index contributed by atoms with van der Waals surface area (Å²) in [5, 5.41) is 4.86. The number of carbonyl (C=O) groups excluding carboxylic acids is 2. The van der Waals surface area contributed by atoms with E-state index < -0.39 is 0 Å². The molecular formula is C25H23ClN4O4. The maximum atomic E-state index is 13.2. The van der Waals surface area contributed by atoms with E-state index in [0.717, 1.165) is 0 Å². The molecule has 0 radical (unpaired) electrons. The molecule has 1 amide bonds. The Hall–Kier alpha value is -3.65. The minimum absolute atomic E-state index is 0.110. The highest BCUT2D eigenvalue weighted by Crippen LogP contribution is 2.25. The first-order chi connectivity index (χ1) is 16.5. The van der Waals surface area contributed by atoms with Gasteiger partial charge in [-0.25, -0.2) is 4.68 Å². The van der Waals surface area contributed by atoms with Crippen LogP contribution in [0.15, 0.2) is 53.5 Å². The smallest absolute Gasteiger partial charge is 0.309 e. The second-order valence-corrected chi connectivity index (χ2v) is 8.76. The first-order valence-corrected chi connectivity index (χ1v) is 11.6. The van der Waals surface area contributed by atoms with Crippen LogP contribution in [0, 0.1) is 5.92 Å². The van der Waals surface area contributed by atoms with Gasteiger partial charge in [0, 0.05) is 35.3 Å². The zero-order valence-electron chi connectivity index (χ0n) is 18.6. The van der Waals surface area contributed by atoms with Gasteiger partial charge in [-0.3, -0.25) is 24.5 Å². The van der Waals surface area contributed by atoms with Crippen LogP contribution in [0.5, 0.6) is 0 Å². The van der Waals surface area contributed by atoms with Crippen molar-refractivity contribution in [2.45, 2.75) is 19.8 Å². The average Bonchev–Trinajstić information content (AvgIpc) is 3.21. The number of benzene rings is 2. The molecule has 4 aromatic rings. The fraction of sp³-hybridized carbons (Fsp3) is 0.280. The van der Waals surface area contributed by atoms with Gasteiger partial charge in [0.15, 0.2) is 0 Å². The number of esters is 1. The highest BCUT2D eigenvalue weighted by atomic mass is 35.5. The Kier molecular flexibility index (Phi) is 5.83. The van der Waals surface area contributed by atoms with Gasteiger partial charge in [0.05, 0.1) is 34.6 Å². The molecule has 0 atom stereocenters. The normalized spacial score (nSPS) is 14.6. The van der Waals surface area contributed by atoms with Crippen LogP contribution in [0.4, 0.5) is 0 Å². The summed E-state index contributed by atoms with van der Waals surface area (Å²) in [5.74, 6) is -0.467. The van der Waals surface area contributed by atoms with Crippen LogP contribution in [0.1, 0.15) is 30.1 Å². The number of halogens is 1. The van der Waals surface area contributed by atoms with Crippen molar-refractivity contribution >= 4 is 45.3 Å². The number of carbonyl (C=O) groups is 2. The molecule has 8 nitrogen and oxygen atoms in total. The van der Waals surface area contributed by atoms with Crippen molar-refractivity contribution in [3.63, 3.8) is 0 Å². The summed E-state index contributed by atoms with van der Waals surface area (Å²) < 4.78 is 6.55. The third-order valence-electron chi connectivity index (χ3n) is 6.26. The molecule has 5 rings (SSSR count). The number of nitrogens with one attached hydrogen (secondary N) is 1. The number of amides is 1. The van der Waals surface area contributed by atoms with E-state index in [1.54, 1.807) is 60.5 Å². The second kappa shape index (κ2) is 8.95. The molecule has 0 spiro atoms. The Morgan fingerprint density at radius 3 is 2.56 bits per heavy atom. The number of likely N-dealkylation sites (tertiary alicyclic amines) is 1. The lowest BCUT2D eigenvalue weighted by atomic mass is 9.96. The minimum Gasteiger partial charge on any atom is -0.466 e. The lowest BCUT2D eigenvalue weighted by molar-refractivity contribution is -0.149. The molecule has 2 aromatic carbocycles. The van der Waals surface area contributed by atoms with Gasteiger partial charge in [0.25, 0.3) is 11.5 Å². The summed E-state index contributed by atoms with van der Waals surface area (Å²) in [6.45, 7) is 3.14. The Balaban J connectivity index is 1.47. The lowest BCUT2D eigenvalue weighted by Gasteiger charge is -2.31. The van der Waals surface area contributed by atoms with Gasteiger partial charge in [0.2, 0.25) is 0 Å². The van der Waals surface area contributed by atoms with E-state index in [9.17, 15) is 14.4 Å². The van der Waals surface area contributed by atoms with Crippen molar-refractivity contribution in [1.82, 2.24) is 19.7 Å². The molecule has 174 valence electrons. The molecule has 1 aliphatic heterocycles. The number of aromatic nitrogens is 3. The Bertz CT molecular complexity index is 1450. The van der Waals surface area contributed by atoms with Crippen molar-refractivity contribution in [1.29, 1.82) is 0 Å². The molecule has 2 aromatic heterocycles. The second-order valence-electron chi connectivity index (χ2n) is 8.33. The van der Waals surface area contributed by atoms with E-state index in [1.165, 1.54) is 4.68 Å². The molecular weight excluding hydrogens is 456 g/mol. The summed E-state index contributed by atoms with van der Waals surface area (Å²) in [7, 11) is 0. The topological polar surface area (TPSA) is 97.3 Å². The van der Waals surface area contributed by atoms with Crippen molar-refractivity contribution in [3.05, 3.63) is 69.6 Å². The number of piperidine rings is 1. The molecule has 34 heavy (non-hydrogen) atoms. The van der Waals surface area contributed by atoms with Crippen molar-refractivity contribution in [2.75, 3.05) is 19.7 Å². The van der Waals surface area contributed by atoms with Gasteiger partial charge < -0.3 is 9.64 Å². The maximum absolute atomic E-state index is 13.2. The van der Waals surface area contributed by atoms with Crippen LogP contribution in [-0.4, -0.2) is 51.2 Å². The number of nitrogens with zero attached hydrogens (tertiary/aromatic N) is 3. The summed E-state index contributed by atoms with van der Waals surface area (Å²) >= 11 is 5.98. The van der Waals surface area contributed by atoms with Crippen molar-refractivity contribution in [3.8, 4) is 5.69 Å². The van der Waals surface area contributed by atoms with E-state index in [2.05, 4.69) is 10.1 Å². The maximum Gasteiger partial charge on any atom is 0.309 e. The molecule has 1 aliphatic rings. The molecule has 1 N–H and O–H groups in total. The van der Waals surface area contributed by atoms with Gasteiger partial charge in [-0.2, -0.15) is 0 Å². The number of fused-ring (bicyclic) bond motifs is 3. The van der Waals surface area contributed by atoms with Crippen molar-refractivity contribution < 1.29 is 14.3 Å². The standard InChI is InChI=1S/C25H23ClN4O4/c1-2-34-25(33)15-9-11-29(12-10-15)23(31)16-3-8-21-19(13-16)22-20(14-27-21)24(32)30(28-22)18-6-4-17(26)5-7-18/h3-8,13-15,28H,2,9-12H2,1H3. The van der Waals surface area contributed by atoms with E-state index in [0.29, 0.717) is 70.6 Å². The van der Waals surface area contributed by atoms with Crippen molar-refractivity contribution in [2.24, 2.45) is 5.92 Å². The minimum atomic E-state index is -0.232. The third-order valence-corrected chi connectivity index (χ3v) is 6.51. The van der Waals surface area contributed by atoms with E-state index >= 15 is 0 Å². The van der Waals surface area contributed by atoms with Crippen LogP contribution in [0.2, 0.25) is 5.02 Å². The molecule has 0 bridgehead atoms. The Morgan fingerprint density at radius 2 is 1.85 bits per heavy atom. The van der Waals surface area contributed by atoms with Crippen LogP contribution < -0.4 is 5.56 Å². The molecule has 0 unspecified atom stereocenters.